The molecule has 0 bridgehead atoms. The number of hydrogen-bond donors (Lipinski definition) is 3. The SMILES string of the molecule is Cl.NC(=O)C(O)C(=O)C(N)CC1CCC1. The average Bonchev–Trinajstić information content (AvgIpc) is 2.08. The van der Waals surface area contributed by atoms with Crippen LogP contribution in [0.1, 0.15) is 25.7 Å². The van der Waals surface area contributed by atoms with Crippen molar-refractivity contribution >= 4 is 24.1 Å². The number of nitrogens with two attached hydrogens (primary N) is 2. The Morgan fingerprint density at radius 1 is 1.40 bits per heavy atom. The molecule has 88 valence electrons. The van der Waals surface area contributed by atoms with Gasteiger partial charge in [-0.1, -0.05) is 19.3 Å². The standard InChI is InChI=1S/C9H16N2O3.ClH/c10-6(4-5-2-1-3-5)7(12)8(13)9(11)14;/h5-6,8,13H,1-4,10H2,(H2,11,14);1H. The summed E-state index contributed by atoms with van der Waals surface area (Å²) in [6.07, 6.45) is 2.12. The summed E-state index contributed by atoms with van der Waals surface area (Å²) in [6, 6.07) is -0.761. The van der Waals surface area contributed by atoms with Gasteiger partial charge < -0.3 is 16.6 Å². The number of halogens is 1. The van der Waals surface area contributed by atoms with E-state index in [2.05, 4.69) is 0 Å². The van der Waals surface area contributed by atoms with Crippen LogP contribution in [0.2, 0.25) is 0 Å². The maximum absolute atomic E-state index is 11.3. The fraction of sp³-hybridized carbons (Fsp3) is 0.778. The van der Waals surface area contributed by atoms with Crippen molar-refractivity contribution < 1.29 is 14.7 Å². The molecule has 1 aliphatic carbocycles. The molecule has 0 saturated heterocycles. The van der Waals surface area contributed by atoms with E-state index < -0.39 is 23.8 Å². The number of aliphatic hydroxyl groups excluding tert-OH is 1. The molecule has 2 atom stereocenters. The third-order valence-electron chi connectivity index (χ3n) is 2.72. The highest BCUT2D eigenvalue weighted by molar-refractivity contribution is 6.05. The van der Waals surface area contributed by atoms with E-state index in [1.165, 1.54) is 6.42 Å². The molecule has 0 aromatic heterocycles. The van der Waals surface area contributed by atoms with Gasteiger partial charge in [0.2, 0.25) is 0 Å². The lowest BCUT2D eigenvalue weighted by atomic mass is 9.80. The van der Waals surface area contributed by atoms with Gasteiger partial charge in [-0.25, -0.2) is 0 Å². The Labute approximate surface area is 94.6 Å². The molecular formula is C9H17ClN2O3. The minimum Gasteiger partial charge on any atom is -0.376 e. The summed E-state index contributed by atoms with van der Waals surface area (Å²) < 4.78 is 0. The number of amides is 1. The van der Waals surface area contributed by atoms with Gasteiger partial charge in [-0.05, 0) is 12.3 Å². The average molecular weight is 237 g/mol. The molecule has 0 spiro atoms. The van der Waals surface area contributed by atoms with E-state index in [0.717, 1.165) is 12.8 Å². The van der Waals surface area contributed by atoms with E-state index in [9.17, 15) is 9.59 Å². The molecule has 0 radical (unpaired) electrons. The van der Waals surface area contributed by atoms with E-state index in [0.29, 0.717) is 12.3 Å². The molecule has 1 rings (SSSR count). The monoisotopic (exact) mass is 236 g/mol. The summed E-state index contributed by atoms with van der Waals surface area (Å²) in [4.78, 5) is 21.8. The largest absolute Gasteiger partial charge is 0.376 e. The summed E-state index contributed by atoms with van der Waals surface area (Å²) in [6.45, 7) is 0. The topological polar surface area (TPSA) is 106 Å². The minimum absolute atomic E-state index is 0. The lowest BCUT2D eigenvalue weighted by Crippen LogP contribution is -2.46. The zero-order chi connectivity index (χ0) is 10.7. The van der Waals surface area contributed by atoms with Crippen molar-refractivity contribution in [3.8, 4) is 0 Å². The molecule has 1 amide bonds. The van der Waals surface area contributed by atoms with Crippen LogP contribution in [-0.4, -0.2) is 28.9 Å². The van der Waals surface area contributed by atoms with Crippen molar-refractivity contribution in [2.75, 3.05) is 0 Å². The van der Waals surface area contributed by atoms with Crippen molar-refractivity contribution in [3.63, 3.8) is 0 Å². The van der Waals surface area contributed by atoms with Gasteiger partial charge in [0.05, 0.1) is 6.04 Å². The van der Waals surface area contributed by atoms with Gasteiger partial charge in [0, 0.05) is 0 Å². The van der Waals surface area contributed by atoms with Crippen LogP contribution in [0.15, 0.2) is 0 Å². The molecule has 5 N–H and O–H groups in total. The van der Waals surface area contributed by atoms with Gasteiger partial charge in [0.1, 0.15) is 0 Å². The van der Waals surface area contributed by atoms with Crippen molar-refractivity contribution in [2.45, 2.75) is 37.8 Å². The van der Waals surface area contributed by atoms with Gasteiger partial charge in [-0.2, -0.15) is 0 Å². The van der Waals surface area contributed by atoms with Gasteiger partial charge in [0.25, 0.3) is 5.91 Å². The van der Waals surface area contributed by atoms with Crippen molar-refractivity contribution in [3.05, 3.63) is 0 Å². The molecule has 0 aromatic rings. The fourth-order valence-corrected chi connectivity index (χ4v) is 1.55. The van der Waals surface area contributed by atoms with E-state index in [-0.39, 0.29) is 12.4 Å². The number of primary amides is 1. The lowest BCUT2D eigenvalue weighted by molar-refractivity contribution is -0.139. The van der Waals surface area contributed by atoms with E-state index in [1.807, 2.05) is 0 Å². The number of carbonyl (C=O) groups is 2. The fourth-order valence-electron chi connectivity index (χ4n) is 1.55. The molecule has 0 aliphatic heterocycles. The van der Waals surface area contributed by atoms with Crippen molar-refractivity contribution in [1.82, 2.24) is 0 Å². The van der Waals surface area contributed by atoms with Crippen LogP contribution < -0.4 is 11.5 Å². The molecule has 6 heteroatoms. The number of Topliss-reactive ketones (excluding diaryl/α,β-unsaturated/α-hetero) is 1. The zero-order valence-electron chi connectivity index (χ0n) is 8.39. The van der Waals surface area contributed by atoms with Crippen LogP contribution in [0, 0.1) is 5.92 Å². The minimum atomic E-state index is -1.75. The van der Waals surface area contributed by atoms with Gasteiger partial charge in [-0.3, -0.25) is 9.59 Å². The molecule has 0 heterocycles. The number of ketones is 1. The molecule has 1 saturated carbocycles. The van der Waals surface area contributed by atoms with E-state index in [4.69, 9.17) is 16.6 Å². The van der Waals surface area contributed by atoms with Crippen LogP contribution in [0.5, 0.6) is 0 Å². The van der Waals surface area contributed by atoms with Gasteiger partial charge in [0.15, 0.2) is 11.9 Å². The van der Waals surface area contributed by atoms with Crippen LogP contribution in [-0.2, 0) is 9.59 Å². The second kappa shape index (κ2) is 6.05. The number of carbonyl (C=O) groups excluding carboxylic acids is 2. The normalized spacial score (nSPS) is 19.6. The Kier molecular flexibility index (Phi) is 5.79. The lowest BCUT2D eigenvalue weighted by Gasteiger charge is -2.27. The van der Waals surface area contributed by atoms with Crippen LogP contribution >= 0.6 is 12.4 Å². The molecular weight excluding hydrogens is 220 g/mol. The first-order chi connectivity index (χ1) is 6.52. The Bertz CT molecular complexity index is 244. The third-order valence-corrected chi connectivity index (χ3v) is 2.72. The Balaban J connectivity index is 0.00000196. The van der Waals surface area contributed by atoms with Crippen molar-refractivity contribution in [2.24, 2.45) is 17.4 Å². The number of hydrogen-bond acceptors (Lipinski definition) is 4. The summed E-state index contributed by atoms with van der Waals surface area (Å²) in [5.74, 6) is -1.22. The first-order valence-corrected chi connectivity index (χ1v) is 4.79. The summed E-state index contributed by atoms with van der Waals surface area (Å²) >= 11 is 0. The predicted molar refractivity (Wildman–Crippen MR) is 57.4 cm³/mol. The van der Waals surface area contributed by atoms with Crippen molar-refractivity contribution in [1.29, 1.82) is 0 Å². The maximum atomic E-state index is 11.3. The third kappa shape index (κ3) is 3.77. The molecule has 1 fully saturated rings. The Morgan fingerprint density at radius 3 is 2.27 bits per heavy atom. The summed E-state index contributed by atoms with van der Waals surface area (Å²) in [5, 5.41) is 9.06. The molecule has 0 aromatic carbocycles. The van der Waals surface area contributed by atoms with E-state index in [1.54, 1.807) is 0 Å². The zero-order valence-corrected chi connectivity index (χ0v) is 9.20. The maximum Gasteiger partial charge on any atom is 0.254 e. The molecule has 1 aliphatic rings. The predicted octanol–water partition coefficient (Wildman–Crippen LogP) is -0.659. The number of aliphatic hydroxyl groups is 1. The quantitative estimate of drug-likeness (QED) is 0.551. The Hall–Kier alpha value is -0.650. The number of rotatable bonds is 5. The van der Waals surface area contributed by atoms with E-state index >= 15 is 0 Å². The highest BCUT2D eigenvalue weighted by Gasteiger charge is 2.30. The molecule has 15 heavy (non-hydrogen) atoms. The van der Waals surface area contributed by atoms with Crippen LogP contribution in [0.25, 0.3) is 0 Å². The molecule has 5 nitrogen and oxygen atoms in total. The van der Waals surface area contributed by atoms with Gasteiger partial charge in [-0.15, -0.1) is 12.4 Å². The molecule has 2 unspecified atom stereocenters. The summed E-state index contributed by atoms with van der Waals surface area (Å²) in [5.41, 5.74) is 10.3. The second-order valence-corrected chi connectivity index (χ2v) is 3.85. The first kappa shape index (κ1) is 14.3. The smallest absolute Gasteiger partial charge is 0.254 e. The first-order valence-electron chi connectivity index (χ1n) is 4.79. The highest BCUT2D eigenvalue weighted by Crippen LogP contribution is 2.30. The highest BCUT2D eigenvalue weighted by atomic mass is 35.5. The van der Waals surface area contributed by atoms with Crippen LogP contribution in [0.3, 0.4) is 0 Å². The van der Waals surface area contributed by atoms with Gasteiger partial charge >= 0.3 is 0 Å². The second-order valence-electron chi connectivity index (χ2n) is 3.85. The summed E-state index contributed by atoms with van der Waals surface area (Å²) in [7, 11) is 0. The van der Waals surface area contributed by atoms with Crippen LogP contribution in [0.4, 0.5) is 0 Å². The Morgan fingerprint density at radius 2 is 1.93 bits per heavy atom.